The van der Waals surface area contributed by atoms with Gasteiger partial charge in [0, 0.05) is 50.9 Å². The highest BCUT2D eigenvalue weighted by molar-refractivity contribution is 7.39. The van der Waals surface area contributed by atoms with E-state index in [1.807, 2.05) is 20.8 Å². The highest BCUT2D eigenvalue weighted by Gasteiger charge is 2.43. The van der Waals surface area contributed by atoms with Gasteiger partial charge in [0.1, 0.15) is 17.1 Å². The summed E-state index contributed by atoms with van der Waals surface area (Å²) < 4.78 is 5.18. The van der Waals surface area contributed by atoms with Crippen molar-refractivity contribution in [2.45, 2.75) is 52.4 Å². The van der Waals surface area contributed by atoms with Crippen LogP contribution in [0.5, 0.6) is 5.75 Å². The minimum absolute atomic E-state index is 0.00546. The summed E-state index contributed by atoms with van der Waals surface area (Å²) in [6.07, 6.45) is 1.52. The minimum Gasteiger partial charge on any atom is -0.427 e. The minimum atomic E-state index is -2.39. The number of carbonyl (C=O) groups is 2. The van der Waals surface area contributed by atoms with Crippen LogP contribution in [0.2, 0.25) is 0 Å². The van der Waals surface area contributed by atoms with Crippen LogP contribution < -0.4 is 4.52 Å². The fourth-order valence-corrected chi connectivity index (χ4v) is 4.70. The number of hydrogen-bond acceptors (Lipinski definition) is 8. The van der Waals surface area contributed by atoms with Crippen LogP contribution >= 0.6 is 8.60 Å². The second-order valence-corrected chi connectivity index (χ2v) is 12.1. The van der Waals surface area contributed by atoms with E-state index in [4.69, 9.17) is 14.3 Å². The lowest BCUT2D eigenvalue weighted by atomic mass is 9.75. The van der Waals surface area contributed by atoms with Crippen LogP contribution in [0.4, 0.5) is 0 Å². The van der Waals surface area contributed by atoms with Gasteiger partial charge >= 0.3 is 8.60 Å². The number of nitrogens with zero attached hydrogens (tertiary/aromatic N) is 3. The molecule has 35 heavy (non-hydrogen) atoms. The molecule has 3 heterocycles. The largest absolute Gasteiger partial charge is 0.427 e. The molecule has 0 spiro atoms. The summed E-state index contributed by atoms with van der Waals surface area (Å²) in [6.45, 7) is 18.1. The Balaban J connectivity index is 0.000000165. The van der Waals surface area contributed by atoms with Gasteiger partial charge < -0.3 is 29.0 Å². The van der Waals surface area contributed by atoms with Gasteiger partial charge in [-0.3, -0.25) is 9.59 Å². The number of ketones is 2. The first-order valence-electron chi connectivity index (χ1n) is 12.1. The van der Waals surface area contributed by atoms with E-state index in [0.717, 1.165) is 44.8 Å². The van der Waals surface area contributed by atoms with Crippen molar-refractivity contribution in [3.8, 4) is 5.75 Å². The molecular formula is C26H36N3O5P. The smallest absolute Gasteiger partial charge is 0.391 e. The lowest BCUT2D eigenvalue weighted by Gasteiger charge is -2.31. The number of allylic oxidation sites excluding steroid dienone is 1. The molecule has 0 radical (unpaired) electrons. The molecule has 0 bridgehead atoms. The first kappa shape index (κ1) is 25.7. The fraction of sp³-hybridized carbons (Fsp3) is 0.538. The average molecular weight is 502 g/mol. The van der Waals surface area contributed by atoms with E-state index in [9.17, 15) is 9.59 Å². The van der Waals surface area contributed by atoms with Gasteiger partial charge in [0.25, 0.3) is 0 Å². The van der Waals surface area contributed by atoms with Crippen molar-refractivity contribution >= 4 is 20.2 Å². The van der Waals surface area contributed by atoms with Crippen LogP contribution in [0.25, 0.3) is 0 Å². The first-order chi connectivity index (χ1) is 16.3. The third-order valence-electron chi connectivity index (χ3n) is 6.25. The maximum Gasteiger partial charge on any atom is 0.391 e. The Labute approximate surface area is 208 Å². The topological polar surface area (TPSA) is 92.9 Å². The van der Waals surface area contributed by atoms with E-state index < -0.39 is 8.60 Å². The third-order valence-corrected chi connectivity index (χ3v) is 6.61. The molecule has 0 unspecified atom stereocenters. The van der Waals surface area contributed by atoms with E-state index in [1.54, 1.807) is 6.07 Å². The lowest BCUT2D eigenvalue weighted by molar-refractivity contribution is -0.117. The number of rotatable bonds is 5. The van der Waals surface area contributed by atoms with Crippen LogP contribution in [0.15, 0.2) is 41.4 Å². The summed E-state index contributed by atoms with van der Waals surface area (Å²) in [6, 6.07) is 5.76. The molecule has 0 saturated carbocycles. The summed E-state index contributed by atoms with van der Waals surface area (Å²) in [7, 11) is -2.39. The van der Waals surface area contributed by atoms with Crippen molar-refractivity contribution in [3.63, 3.8) is 0 Å². The molecule has 0 aromatic heterocycles. The number of Topliss-reactive ketones (excluding diaryl/α,β-unsaturated/α-hetero) is 1. The average Bonchev–Trinajstić information content (AvgIpc) is 3.60. The van der Waals surface area contributed by atoms with E-state index in [-0.39, 0.29) is 22.4 Å². The van der Waals surface area contributed by atoms with E-state index in [2.05, 4.69) is 47.6 Å². The van der Waals surface area contributed by atoms with Gasteiger partial charge in [0.2, 0.25) is 11.6 Å². The van der Waals surface area contributed by atoms with Gasteiger partial charge in [-0.2, -0.15) is 0 Å². The van der Waals surface area contributed by atoms with Crippen molar-refractivity contribution in [2.75, 3.05) is 39.3 Å². The van der Waals surface area contributed by atoms with Crippen LogP contribution in [-0.2, 0) is 20.4 Å². The monoisotopic (exact) mass is 501 g/mol. The summed E-state index contributed by atoms with van der Waals surface area (Å²) in [5, 5.41) is 0. The standard InChI is InChI=1S/C14H23O3P.C12H13N3O2/c1-13(2,3)10-8-7-9-11(17-18(15)16)12(10)14(4,5)6;16-9-7-8(13-1-2-13)12(17)11(15-5-6-15)10(9)14-3-4-14/h7-9,15-16H,1-6H3;7H,1-6H2. The first-order valence-corrected chi connectivity index (χ1v) is 13.2. The molecule has 9 heteroatoms. The quantitative estimate of drug-likeness (QED) is 0.361. The molecule has 1 aromatic carbocycles. The van der Waals surface area contributed by atoms with Crippen molar-refractivity contribution in [2.24, 2.45) is 0 Å². The van der Waals surface area contributed by atoms with Crippen molar-refractivity contribution in [3.05, 3.63) is 52.5 Å². The van der Waals surface area contributed by atoms with Crippen LogP contribution in [0, 0.1) is 0 Å². The Kier molecular flexibility index (Phi) is 6.77. The van der Waals surface area contributed by atoms with Crippen molar-refractivity contribution in [1.82, 2.24) is 14.7 Å². The van der Waals surface area contributed by atoms with Gasteiger partial charge in [0.05, 0.1) is 5.70 Å². The summed E-state index contributed by atoms with van der Waals surface area (Å²) in [5.74, 6) is 0.610. The molecule has 1 aromatic rings. The fourth-order valence-electron chi connectivity index (χ4n) is 4.37. The summed E-state index contributed by atoms with van der Waals surface area (Å²) in [4.78, 5) is 48.6. The molecule has 0 atom stereocenters. The Bertz CT molecular complexity index is 1090. The number of benzene rings is 1. The van der Waals surface area contributed by atoms with Gasteiger partial charge in [-0.1, -0.05) is 53.7 Å². The Hall–Kier alpha value is -2.41. The molecule has 3 saturated heterocycles. The highest BCUT2D eigenvalue weighted by Crippen LogP contribution is 2.43. The molecule has 3 fully saturated rings. The molecule has 5 rings (SSSR count). The maximum atomic E-state index is 12.4. The number of hydrogen-bond donors (Lipinski definition) is 2. The lowest BCUT2D eigenvalue weighted by Crippen LogP contribution is -2.29. The molecule has 4 aliphatic rings. The van der Waals surface area contributed by atoms with Crippen LogP contribution in [0.3, 0.4) is 0 Å². The molecular weight excluding hydrogens is 465 g/mol. The van der Waals surface area contributed by atoms with Gasteiger partial charge in [-0.25, -0.2) is 0 Å². The SMILES string of the molecule is CC(C)(C)c1cccc(OP(O)O)c1C(C)(C)C.O=C1C=C(N2CC2)C(=O)C(N2CC2)=C1N1CC1. The molecule has 8 nitrogen and oxygen atoms in total. The number of carbonyl (C=O) groups excluding carboxylic acids is 2. The zero-order valence-electron chi connectivity index (χ0n) is 21.5. The van der Waals surface area contributed by atoms with Crippen molar-refractivity contribution < 1.29 is 23.9 Å². The molecule has 2 N–H and O–H groups in total. The predicted octanol–water partition coefficient (Wildman–Crippen LogP) is 3.05. The zero-order chi connectivity index (χ0) is 25.7. The van der Waals surface area contributed by atoms with E-state index in [1.165, 1.54) is 11.6 Å². The van der Waals surface area contributed by atoms with Crippen LogP contribution in [0.1, 0.15) is 52.7 Å². The highest BCUT2D eigenvalue weighted by atomic mass is 31.2. The molecule has 190 valence electrons. The maximum absolute atomic E-state index is 12.4. The van der Waals surface area contributed by atoms with Crippen molar-refractivity contribution in [1.29, 1.82) is 0 Å². The van der Waals surface area contributed by atoms with Gasteiger partial charge in [-0.05, 0) is 22.5 Å². The van der Waals surface area contributed by atoms with Gasteiger partial charge in [-0.15, -0.1) is 0 Å². The molecule has 1 aliphatic carbocycles. The predicted molar refractivity (Wildman–Crippen MR) is 136 cm³/mol. The molecule has 3 aliphatic heterocycles. The zero-order valence-corrected chi connectivity index (χ0v) is 22.4. The molecule has 0 amide bonds. The summed E-state index contributed by atoms with van der Waals surface area (Å²) in [5.41, 5.74) is 3.95. The normalized spacial score (nSPS) is 19.6. The Morgan fingerprint density at radius 3 is 1.80 bits per heavy atom. The Morgan fingerprint density at radius 1 is 0.800 bits per heavy atom. The second kappa shape index (κ2) is 9.23. The van der Waals surface area contributed by atoms with Crippen LogP contribution in [-0.4, -0.2) is 75.3 Å². The van der Waals surface area contributed by atoms with E-state index >= 15 is 0 Å². The third kappa shape index (κ3) is 5.88. The van der Waals surface area contributed by atoms with E-state index in [0.29, 0.717) is 22.8 Å². The Morgan fingerprint density at radius 2 is 1.34 bits per heavy atom. The second-order valence-electron chi connectivity index (χ2n) is 11.4. The van der Waals surface area contributed by atoms with Gasteiger partial charge in [0.15, 0.2) is 0 Å². The summed E-state index contributed by atoms with van der Waals surface area (Å²) >= 11 is 0.